The fourth-order valence-electron chi connectivity index (χ4n) is 1.34. The van der Waals surface area contributed by atoms with Crippen molar-refractivity contribution in [3.05, 3.63) is 56.7 Å². The lowest BCUT2D eigenvalue weighted by atomic mass is 10.2. The van der Waals surface area contributed by atoms with Crippen molar-refractivity contribution in [2.24, 2.45) is 5.10 Å². The van der Waals surface area contributed by atoms with E-state index in [0.717, 1.165) is 4.88 Å². The molecule has 18 heavy (non-hydrogen) atoms. The number of carbonyl (C=O) groups is 1. The van der Waals surface area contributed by atoms with Crippen molar-refractivity contribution in [1.82, 2.24) is 5.43 Å². The number of carbonyl (C=O) groups excluding carboxylic acids is 1. The SMILES string of the molecule is Cc1ccc(C=NNC(=O)c2ccc(Cl)cc2)s1. The van der Waals surface area contributed by atoms with Crippen LogP contribution in [0.4, 0.5) is 0 Å². The van der Waals surface area contributed by atoms with Crippen molar-refractivity contribution >= 4 is 35.1 Å². The van der Waals surface area contributed by atoms with E-state index in [0.29, 0.717) is 10.6 Å². The number of amides is 1. The molecule has 2 rings (SSSR count). The van der Waals surface area contributed by atoms with Crippen molar-refractivity contribution in [2.75, 3.05) is 0 Å². The molecule has 0 aliphatic heterocycles. The molecule has 0 atom stereocenters. The van der Waals surface area contributed by atoms with Crippen LogP contribution in [0.5, 0.6) is 0 Å². The normalized spacial score (nSPS) is 10.8. The van der Waals surface area contributed by atoms with Crippen LogP contribution in [0.1, 0.15) is 20.1 Å². The Morgan fingerprint density at radius 3 is 2.61 bits per heavy atom. The summed E-state index contributed by atoms with van der Waals surface area (Å²) >= 11 is 7.36. The molecule has 0 saturated carbocycles. The highest BCUT2D eigenvalue weighted by Crippen LogP contribution is 2.12. The van der Waals surface area contributed by atoms with Crippen molar-refractivity contribution < 1.29 is 4.79 Å². The maximum Gasteiger partial charge on any atom is 0.271 e. The highest BCUT2D eigenvalue weighted by molar-refractivity contribution is 7.13. The van der Waals surface area contributed by atoms with Crippen LogP contribution in [0.15, 0.2) is 41.5 Å². The summed E-state index contributed by atoms with van der Waals surface area (Å²) < 4.78 is 0. The molecule has 5 heteroatoms. The number of rotatable bonds is 3. The number of benzene rings is 1. The number of thiophene rings is 1. The summed E-state index contributed by atoms with van der Waals surface area (Å²) in [4.78, 5) is 13.9. The second-order valence-corrected chi connectivity index (χ2v) is 5.41. The molecule has 92 valence electrons. The van der Waals surface area contributed by atoms with Gasteiger partial charge in [-0.3, -0.25) is 4.79 Å². The van der Waals surface area contributed by atoms with Crippen LogP contribution in [0.3, 0.4) is 0 Å². The zero-order valence-corrected chi connectivity index (χ0v) is 11.3. The average Bonchev–Trinajstić information content (AvgIpc) is 2.76. The molecule has 1 heterocycles. The first-order valence-corrected chi connectivity index (χ1v) is 6.50. The predicted molar refractivity (Wildman–Crippen MR) is 75.6 cm³/mol. The quantitative estimate of drug-likeness (QED) is 0.678. The molecule has 0 aliphatic rings. The lowest BCUT2D eigenvalue weighted by molar-refractivity contribution is 0.0955. The molecule has 0 radical (unpaired) electrons. The van der Waals surface area contributed by atoms with Gasteiger partial charge in [0.1, 0.15) is 0 Å². The monoisotopic (exact) mass is 278 g/mol. The van der Waals surface area contributed by atoms with Gasteiger partial charge < -0.3 is 0 Å². The third-order valence-electron chi connectivity index (χ3n) is 2.23. The zero-order valence-electron chi connectivity index (χ0n) is 9.68. The van der Waals surface area contributed by atoms with E-state index in [-0.39, 0.29) is 5.91 Å². The number of halogens is 1. The highest BCUT2D eigenvalue weighted by Gasteiger charge is 2.02. The van der Waals surface area contributed by atoms with Gasteiger partial charge in [0.05, 0.1) is 6.21 Å². The van der Waals surface area contributed by atoms with E-state index in [9.17, 15) is 4.79 Å². The summed E-state index contributed by atoms with van der Waals surface area (Å²) in [5, 5.41) is 4.51. The molecule has 0 saturated heterocycles. The predicted octanol–water partition coefficient (Wildman–Crippen LogP) is 3.47. The topological polar surface area (TPSA) is 41.5 Å². The third kappa shape index (κ3) is 3.42. The number of nitrogens with zero attached hydrogens (tertiary/aromatic N) is 1. The van der Waals surface area contributed by atoms with Gasteiger partial charge in [0, 0.05) is 20.3 Å². The molecule has 1 aromatic heterocycles. The molecule has 0 bridgehead atoms. The summed E-state index contributed by atoms with van der Waals surface area (Å²) in [6, 6.07) is 10.6. The van der Waals surface area contributed by atoms with Gasteiger partial charge in [-0.1, -0.05) is 11.6 Å². The lowest BCUT2D eigenvalue weighted by Crippen LogP contribution is -2.17. The minimum absolute atomic E-state index is 0.254. The molecule has 1 amide bonds. The van der Waals surface area contributed by atoms with E-state index in [1.165, 1.54) is 4.88 Å². The van der Waals surface area contributed by atoms with E-state index in [1.807, 2.05) is 19.1 Å². The number of hydrogen-bond donors (Lipinski definition) is 1. The molecule has 1 aromatic carbocycles. The molecule has 0 aliphatic carbocycles. The minimum atomic E-state index is -0.254. The summed E-state index contributed by atoms with van der Waals surface area (Å²) in [6.07, 6.45) is 1.63. The van der Waals surface area contributed by atoms with Gasteiger partial charge in [-0.2, -0.15) is 5.10 Å². The average molecular weight is 279 g/mol. The third-order valence-corrected chi connectivity index (χ3v) is 3.41. The van der Waals surface area contributed by atoms with E-state index in [1.54, 1.807) is 41.8 Å². The Kier molecular flexibility index (Phi) is 4.12. The van der Waals surface area contributed by atoms with Gasteiger partial charge >= 0.3 is 0 Å². The van der Waals surface area contributed by atoms with Crippen LogP contribution in [0.25, 0.3) is 0 Å². The van der Waals surface area contributed by atoms with Gasteiger partial charge in [-0.15, -0.1) is 11.3 Å². The van der Waals surface area contributed by atoms with E-state index >= 15 is 0 Å². The first kappa shape index (κ1) is 12.8. The van der Waals surface area contributed by atoms with Gasteiger partial charge in [0.2, 0.25) is 0 Å². The Balaban J connectivity index is 1.96. The Bertz CT molecular complexity index is 575. The van der Waals surface area contributed by atoms with Crippen LogP contribution in [0, 0.1) is 6.92 Å². The van der Waals surface area contributed by atoms with Crippen molar-refractivity contribution in [3.63, 3.8) is 0 Å². The van der Waals surface area contributed by atoms with E-state index in [2.05, 4.69) is 10.5 Å². The van der Waals surface area contributed by atoms with Crippen molar-refractivity contribution in [1.29, 1.82) is 0 Å². The maximum atomic E-state index is 11.7. The molecule has 3 nitrogen and oxygen atoms in total. The molecule has 0 spiro atoms. The molecule has 2 aromatic rings. The largest absolute Gasteiger partial charge is 0.271 e. The summed E-state index contributed by atoms with van der Waals surface area (Å²) in [6.45, 7) is 2.02. The highest BCUT2D eigenvalue weighted by atomic mass is 35.5. The van der Waals surface area contributed by atoms with Gasteiger partial charge in [0.15, 0.2) is 0 Å². The first-order chi connectivity index (χ1) is 8.65. The first-order valence-electron chi connectivity index (χ1n) is 5.30. The minimum Gasteiger partial charge on any atom is -0.267 e. The van der Waals surface area contributed by atoms with Crippen molar-refractivity contribution in [2.45, 2.75) is 6.92 Å². The van der Waals surface area contributed by atoms with Crippen LogP contribution in [-0.4, -0.2) is 12.1 Å². The number of nitrogens with one attached hydrogen (secondary N) is 1. The lowest BCUT2D eigenvalue weighted by Gasteiger charge is -1.98. The van der Waals surface area contributed by atoms with Crippen LogP contribution in [-0.2, 0) is 0 Å². The zero-order chi connectivity index (χ0) is 13.0. The molecule has 1 N–H and O–H groups in total. The van der Waals surface area contributed by atoms with Gasteiger partial charge in [0.25, 0.3) is 5.91 Å². The molecule has 0 unspecified atom stereocenters. The Morgan fingerprint density at radius 2 is 2.00 bits per heavy atom. The number of hydrogen-bond acceptors (Lipinski definition) is 3. The number of aryl methyl sites for hydroxylation is 1. The second kappa shape index (κ2) is 5.80. The molecular formula is C13H11ClN2OS. The summed E-state index contributed by atoms with van der Waals surface area (Å²) in [5.41, 5.74) is 3.00. The standard InChI is InChI=1S/C13H11ClN2OS/c1-9-2-7-12(18-9)8-15-16-13(17)10-3-5-11(14)6-4-10/h2-8H,1H3,(H,16,17). The summed E-state index contributed by atoms with van der Waals surface area (Å²) in [7, 11) is 0. The van der Waals surface area contributed by atoms with Gasteiger partial charge in [-0.25, -0.2) is 5.43 Å². The van der Waals surface area contributed by atoms with Crippen molar-refractivity contribution in [3.8, 4) is 0 Å². The Labute approximate surface area is 114 Å². The fraction of sp³-hybridized carbons (Fsp3) is 0.0769. The maximum absolute atomic E-state index is 11.7. The summed E-state index contributed by atoms with van der Waals surface area (Å²) in [5.74, 6) is -0.254. The van der Waals surface area contributed by atoms with E-state index in [4.69, 9.17) is 11.6 Å². The molecular weight excluding hydrogens is 268 g/mol. The smallest absolute Gasteiger partial charge is 0.267 e. The van der Waals surface area contributed by atoms with Crippen LogP contribution < -0.4 is 5.43 Å². The number of hydrazone groups is 1. The second-order valence-electron chi connectivity index (χ2n) is 3.65. The molecule has 0 fully saturated rings. The Hall–Kier alpha value is -1.65. The van der Waals surface area contributed by atoms with Crippen LogP contribution in [0.2, 0.25) is 5.02 Å². The van der Waals surface area contributed by atoms with Crippen LogP contribution >= 0.6 is 22.9 Å². The van der Waals surface area contributed by atoms with Gasteiger partial charge in [-0.05, 0) is 43.3 Å². The Morgan fingerprint density at radius 1 is 1.28 bits per heavy atom. The fourth-order valence-corrected chi connectivity index (χ4v) is 2.22. The van der Waals surface area contributed by atoms with E-state index < -0.39 is 0 Å².